The number of likely N-dealkylation sites (N-methyl/N-ethyl adjacent to an activating group) is 1. The Bertz CT molecular complexity index is 412. The van der Waals surface area contributed by atoms with Gasteiger partial charge in [0.05, 0.1) is 11.7 Å². The summed E-state index contributed by atoms with van der Waals surface area (Å²) in [5.41, 5.74) is -1.06. The number of halogens is 2. The van der Waals surface area contributed by atoms with Crippen LogP contribution in [0.1, 0.15) is 22.0 Å². The van der Waals surface area contributed by atoms with Crippen molar-refractivity contribution < 1.29 is 23.8 Å². The predicted octanol–water partition coefficient (Wildman–Crippen LogP) is 0.391. The van der Waals surface area contributed by atoms with Crippen LogP contribution >= 0.6 is 0 Å². The van der Waals surface area contributed by atoms with E-state index in [1.807, 2.05) is 0 Å². The van der Waals surface area contributed by atoms with E-state index in [1.54, 1.807) is 7.05 Å². The number of hydrogen-bond donors (Lipinski definition) is 3. The molecule has 0 radical (unpaired) electrons. The maximum atomic E-state index is 13.6. The van der Waals surface area contributed by atoms with Crippen molar-refractivity contribution in [2.24, 2.45) is 0 Å². The zero-order chi connectivity index (χ0) is 13.0. The van der Waals surface area contributed by atoms with E-state index in [-0.39, 0.29) is 18.4 Å². The molecule has 0 spiro atoms. The molecule has 1 aromatic rings. The molecular formula is C11H13F2NO3. The van der Waals surface area contributed by atoms with Gasteiger partial charge in [-0.15, -0.1) is 0 Å². The van der Waals surface area contributed by atoms with Gasteiger partial charge in [-0.3, -0.25) is 4.79 Å². The minimum absolute atomic E-state index is 0.0331. The fourth-order valence-electron chi connectivity index (χ4n) is 1.45. The quantitative estimate of drug-likeness (QED) is 0.656. The molecule has 0 heterocycles. The fourth-order valence-corrected chi connectivity index (χ4v) is 1.45. The molecule has 3 N–H and O–H groups in total. The summed E-state index contributed by atoms with van der Waals surface area (Å²) in [6.07, 6.45) is -2.74. The van der Waals surface area contributed by atoms with Gasteiger partial charge in [-0.2, -0.15) is 0 Å². The first kappa shape index (κ1) is 13.7. The number of aliphatic hydroxyl groups is 2. The first-order chi connectivity index (χ1) is 8.02. The minimum Gasteiger partial charge on any atom is -0.389 e. The number of hydrogen-bond acceptors (Lipinski definition) is 4. The van der Waals surface area contributed by atoms with Crippen LogP contribution in [0.3, 0.4) is 0 Å². The first-order valence-electron chi connectivity index (χ1n) is 4.96. The van der Waals surface area contributed by atoms with Gasteiger partial charge in [0.15, 0.2) is 6.29 Å². The molecule has 1 rings (SSSR count). The number of aldehydes is 1. The largest absolute Gasteiger partial charge is 0.389 e. The summed E-state index contributed by atoms with van der Waals surface area (Å²) < 4.78 is 26.6. The number of rotatable bonds is 5. The molecule has 6 heteroatoms. The predicted molar refractivity (Wildman–Crippen MR) is 56.6 cm³/mol. The number of carbonyl (C=O) groups excluding carboxylic acids is 1. The van der Waals surface area contributed by atoms with Gasteiger partial charge in [0, 0.05) is 12.1 Å². The lowest BCUT2D eigenvalue weighted by Crippen LogP contribution is -2.30. The van der Waals surface area contributed by atoms with Crippen LogP contribution in [-0.2, 0) is 0 Å². The van der Waals surface area contributed by atoms with Crippen LogP contribution in [0, 0.1) is 11.6 Å². The molecule has 0 bridgehead atoms. The smallest absolute Gasteiger partial charge is 0.155 e. The topological polar surface area (TPSA) is 69.6 Å². The molecule has 1 aromatic carbocycles. The Morgan fingerprint density at radius 1 is 1.41 bits per heavy atom. The highest BCUT2D eigenvalue weighted by Crippen LogP contribution is 2.23. The molecule has 17 heavy (non-hydrogen) atoms. The van der Waals surface area contributed by atoms with E-state index >= 15 is 0 Å². The lowest BCUT2D eigenvalue weighted by molar-refractivity contribution is 0.0180. The molecule has 0 saturated carbocycles. The molecule has 0 saturated heterocycles. The van der Waals surface area contributed by atoms with Gasteiger partial charge in [-0.25, -0.2) is 8.78 Å². The molecule has 2 unspecified atom stereocenters. The normalized spacial score (nSPS) is 14.4. The van der Waals surface area contributed by atoms with E-state index < -0.39 is 29.4 Å². The van der Waals surface area contributed by atoms with Crippen molar-refractivity contribution in [3.8, 4) is 0 Å². The molecular weight excluding hydrogens is 232 g/mol. The molecule has 94 valence electrons. The second kappa shape index (κ2) is 5.81. The van der Waals surface area contributed by atoms with Crippen LogP contribution in [-0.4, -0.2) is 36.2 Å². The summed E-state index contributed by atoms with van der Waals surface area (Å²) in [5.74, 6) is -2.15. The highest BCUT2D eigenvalue weighted by atomic mass is 19.1. The summed E-state index contributed by atoms with van der Waals surface area (Å²) >= 11 is 0. The Morgan fingerprint density at radius 3 is 2.59 bits per heavy atom. The molecule has 0 aliphatic heterocycles. The van der Waals surface area contributed by atoms with Gasteiger partial charge in [-0.05, 0) is 13.1 Å². The van der Waals surface area contributed by atoms with E-state index in [2.05, 4.69) is 5.32 Å². The number of carbonyl (C=O) groups is 1. The lowest BCUT2D eigenvalue weighted by Gasteiger charge is -2.18. The molecule has 0 aliphatic carbocycles. The van der Waals surface area contributed by atoms with Crippen LogP contribution in [0.25, 0.3) is 0 Å². The summed E-state index contributed by atoms with van der Waals surface area (Å²) in [7, 11) is 1.55. The van der Waals surface area contributed by atoms with Gasteiger partial charge >= 0.3 is 0 Å². The third-order valence-electron chi connectivity index (χ3n) is 2.37. The van der Waals surface area contributed by atoms with E-state index in [1.165, 1.54) is 0 Å². The highest BCUT2D eigenvalue weighted by molar-refractivity contribution is 5.76. The fraction of sp³-hybridized carbons (Fsp3) is 0.364. The van der Waals surface area contributed by atoms with Gasteiger partial charge in [-0.1, -0.05) is 6.07 Å². The van der Waals surface area contributed by atoms with Crippen LogP contribution in [0.15, 0.2) is 12.1 Å². The molecule has 0 aliphatic rings. The number of nitrogens with one attached hydrogen (secondary N) is 1. The van der Waals surface area contributed by atoms with E-state index in [0.717, 1.165) is 12.1 Å². The van der Waals surface area contributed by atoms with Crippen molar-refractivity contribution in [1.29, 1.82) is 0 Å². The SMILES string of the molecule is CNCC(O)C(O)c1ccc(F)c(C=O)c1F. The molecule has 0 fully saturated rings. The first-order valence-corrected chi connectivity index (χ1v) is 4.96. The Morgan fingerprint density at radius 2 is 2.06 bits per heavy atom. The third-order valence-corrected chi connectivity index (χ3v) is 2.37. The van der Waals surface area contributed by atoms with E-state index in [9.17, 15) is 23.8 Å². The third kappa shape index (κ3) is 2.85. The molecule has 4 nitrogen and oxygen atoms in total. The van der Waals surface area contributed by atoms with Crippen molar-refractivity contribution in [2.75, 3.05) is 13.6 Å². The monoisotopic (exact) mass is 245 g/mol. The van der Waals surface area contributed by atoms with Gasteiger partial charge in [0.1, 0.15) is 17.7 Å². The summed E-state index contributed by atoms with van der Waals surface area (Å²) in [5, 5.41) is 21.7. The van der Waals surface area contributed by atoms with Crippen LogP contribution in [0.4, 0.5) is 8.78 Å². The van der Waals surface area contributed by atoms with Crippen molar-refractivity contribution in [1.82, 2.24) is 5.32 Å². The zero-order valence-electron chi connectivity index (χ0n) is 9.15. The van der Waals surface area contributed by atoms with Crippen LogP contribution < -0.4 is 5.32 Å². The van der Waals surface area contributed by atoms with Crippen LogP contribution in [0.5, 0.6) is 0 Å². The molecule has 0 amide bonds. The highest BCUT2D eigenvalue weighted by Gasteiger charge is 2.23. The number of aliphatic hydroxyl groups excluding tert-OH is 2. The van der Waals surface area contributed by atoms with Gasteiger partial charge < -0.3 is 15.5 Å². The maximum absolute atomic E-state index is 13.6. The Labute approximate surface area is 96.9 Å². The van der Waals surface area contributed by atoms with Crippen molar-refractivity contribution in [3.05, 3.63) is 34.9 Å². The average molecular weight is 245 g/mol. The van der Waals surface area contributed by atoms with Gasteiger partial charge in [0.2, 0.25) is 0 Å². The van der Waals surface area contributed by atoms with E-state index in [4.69, 9.17) is 0 Å². The Hall–Kier alpha value is -1.37. The summed E-state index contributed by atoms with van der Waals surface area (Å²) in [6, 6.07) is 1.87. The van der Waals surface area contributed by atoms with Crippen molar-refractivity contribution in [2.45, 2.75) is 12.2 Å². The summed E-state index contributed by atoms with van der Waals surface area (Å²) in [4.78, 5) is 10.5. The van der Waals surface area contributed by atoms with Crippen molar-refractivity contribution >= 4 is 6.29 Å². The zero-order valence-corrected chi connectivity index (χ0v) is 9.15. The van der Waals surface area contributed by atoms with Crippen LogP contribution in [0.2, 0.25) is 0 Å². The second-order valence-electron chi connectivity index (χ2n) is 3.55. The lowest BCUT2D eigenvalue weighted by atomic mass is 10.0. The number of benzene rings is 1. The Balaban J connectivity index is 3.10. The summed E-state index contributed by atoms with van der Waals surface area (Å²) in [6.45, 7) is 0.0361. The standard InChI is InChI=1S/C11H13F2NO3/c1-14-4-9(16)11(17)6-2-3-8(12)7(5-15)10(6)13/h2-3,5,9,11,14,16-17H,4H2,1H3. The second-order valence-corrected chi connectivity index (χ2v) is 3.55. The van der Waals surface area contributed by atoms with Gasteiger partial charge in [0.25, 0.3) is 0 Å². The van der Waals surface area contributed by atoms with Crippen molar-refractivity contribution in [3.63, 3.8) is 0 Å². The minimum atomic E-state index is -1.53. The maximum Gasteiger partial charge on any atom is 0.155 e. The van der Waals surface area contributed by atoms with E-state index in [0.29, 0.717) is 0 Å². The molecule has 0 aromatic heterocycles. The molecule has 2 atom stereocenters. The average Bonchev–Trinajstić information content (AvgIpc) is 2.29. The Kier molecular flexibility index (Phi) is 4.68.